The molecule has 0 aliphatic heterocycles. The van der Waals surface area contributed by atoms with Gasteiger partial charge in [-0.1, -0.05) is 97.1 Å². The van der Waals surface area contributed by atoms with Crippen molar-refractivity contribution in [2.75, 3.05) is 13.2 Å². The van der Waals surface area contributed by atoms with Gasteiger partial charge in [0.1, 0.15) is 11.5 Å². The van der Waals surface area contributed by atoms with E-state index in [1.165, 1.54) is 5.56 Å². The van der Waals surface area contributed by atoms with E-state index >= 15 is 0 Å². The number of hydrogen-bond acceptors (Lipinski definition) is 4. The summed E-state index contributed by atoms with van der Waals surface area (Å²) in [7, 11) is 0. The fourth-order valence-corrected chi connectivity index (χ4v) is 5.62. The van der Waals surface area contributed by atoms with Crippen LogP contribution in [0.15, 0.2) is 115 Å². The van der Waals surface area contributed by atoms with Crippen LogP contribution in [-0.4, -0.2) is 29.5 Å². The van der Waals surface area contributed by atoms with Crippen molar-refractivity contribution in [3.63, 3.8) is 0 Å². The van der Waals surface area contributed by atoms with E-state index in [1.54, 1.807) is 0 Å². The molecule has 2 N–H and O–H groups in total. The number of aromatic amines is 1. The zero-order valence-electron chi connectivity index (χ0n) is 23.8. The van der Waals surface area contributed by atoms with E-state index in [-0.39, 0.29) is 5.88 Å². The number of para-hydroxylation sites is 2. The van der Waals surface area contributed by atoms with Gasteiger partial charge in [-0.15, -0.1) is 0 Å². The van der Waals surface area contributed by atoms with Gasteiger partial charge >= 0.3 is 6.16 Å². The molecule has 0 saturated carbocycles. The van der Waals surface area contributed by atoms with Crippen LogP contribution >= 0.6 is 0 Å². The van der Waals surface area contributed by atoms with Gasteiger partial charge in [-0.05, 0) is 60.4 Å². The van der Waals surface area contributed by atoms with Gasteiger partial charge < -0.3 is 24.3 Å². The van der Waals surface area contributed by atoms with Gasteiger partial charge in [0.05, 0.1) is 18.7 Å². The minimum absolute atomic E-state index is 0.258. The Morgan fingerprint density at radius 3 is 2.21 bits per heavy atom. The van der Waals surface area contributed by atoms with Gasteiger partial charge in [-0.3, -0.25) is 0 Å². The first-order chi connectivity index (χ1) is 21.2. The summed E-state index contributed by atoms with van der Waals surface area (Å²) in [6.45, 7) is 1.10. The number of nitrogens with one attached hydrogen (secondary N) is 1. The summed E-state index contributed by atoms with van der Waals surface area (Å²) >= 11 is 0. The van der Waals surface area contributed by atoms with Gasteiger partial charge in [-0.25, -0.2) is 4.79 Å². The highest BCUT2D eigenvalue weighted by molar-refractivity contribution is 5.98. The molecule has 0 aliphatic rings. The molecule has 0 saturated heterocycles. The largest absolute Gasteiger partial charge is 0.512 e. The van der Waals surface area contributed by atoms with Crippen LogP contribution < -0.4 is 14.2 Å². The van der Waals surface area contributed by atoms with E-state index in [0.29, 0.717) is 26.1 Å². The average Bonchev–Trinajstić information content (AvgIpc) is 3.38. The smallest absolute Gasteiger partial charge is 0.494 e. The number of carbonyl (C=O) groups is 1. The van der Waals surface area contributed by atoms with Gasteiger partial charge in [0.25, 0.3) is 0 Å². The molecule has 5 aromatic carbocycles. The number of fused-ring (bicyclic) bond motifs is 2. The van der Waals surface area contributed by atoms with Gasteiger partial charge in [0.15, 0.2) is 0 Å². The van der Waals surface area contributed by atoms with Crippen LogP contribution in [0.1, 0.15) is 24.0 Å². The molecule has 6 nitrogen and oxygen atoms in total. The maximum absolute atomic E-state index is 11.6. The number of aromatic nitrogens is 1. The second-order valence-electron chi connectivity index (χ2n) is 10.4. The highest BCUT2D eigenvalue weighted by Crippen LogP contribution is 2.37. The number of rotatable bonds is 12. The van der Waals surface area contributed by atoms with Crippen molar-refractivity contribution in [1.29, 1.82) is 0 Å². The number of benzene rings is 5. The highest BCUT2D eigenvalue weighted by Gasteiger charge is 2.19. The molecule has 0 bridgehead atoms. The van der Waals surface area contributed by atoms with Crippen molar-refractivity contribution in [3.05, 3.63) is 126 Å². The molecular formula is C37H33NO5. The number of carboxylic acid groups (broad SMARTS) is 1. The summed E-state index contributed by atoms with van der Waals surface area (Å²) in [6, 6.07) is 38.4. The average molecular weight is 572 g/mol. The van der Waals surface area contributed by atoms with Crippen molar-refractivity contribution in [3.8, 4) is 28.5 Å². The zero-order valence-corrected chi connectivity index (χ0v) is 23.8. The lowest BCUT2D eigenvalue weighted by Crippen LogP contribution is -2.06. The lowest BCUT2D eigenvalue weighted by atomic mass is 9.94. The summed E-state index contributed by atoms with van der Waals surface area (Å²) in [5.74, 6) is 1.97. The number of hydrogen-bond donors (Lipinski definition) is 2. The first kappa shape index (κ1) is 27.9. The first-order valence-corrected chi connectivity index (χ1v) is 14.6. The van der Waals surface area contributed by atoms with Crippen LogP contribution in [-0.2, 0) is 12.8 Å². The molecule has 0 amide bonds. The van der Waals surface area contributed by atoms with Gasteiger partial charge in [0, 0.05) is 21.9 Å². The number of aryl methyl sites for hydroxylation is 2. The van der Waals surface area contributed by atoms with Crippen LogP contribution in [0.4, 0.5) is 4.79 Å². The third-order valence-electron chi connectivity index (χ3n) is 7.58. The molecule has 6 rings (SSSR count). The van der Waals surface area contributed by atoms with Crippen molar-refractivity contribution >= 4 is 27.8 Å². The molecule has 6 heteroatoms. The maximum atomic E-state index is 11.6. The topological polar surface area (TPSA) is 80.8 Å². The van der Waals surface area contributed by atoms with E-state index in [0.717, 1.165) is 62.7 Å². The Kier molecular flexibility index (Phi) is 8.55. The molecule has 0 atom stereocenters. The van der Waals surface area contributed by atoms with Crippen LogP contribution in [0.2, 0.25) is 0 Å². The quantitative estimate of drug-likeness (QED) is 0.113. The standard InChI is InChI=1S/C37H33NO5/c39-37(40)43-36-33(22-11-25-42-34-23-8-14-27-13-5-7-19-30(27)34)32-21-9-20-31(35(32)38-36)29-18-6-4-12-26(29)15-10-24-41-28-16-2-1-3-17-28/h1-9,12-14,16-21,23,38H,10-11,15,22,24-25H2,(H,39,40). The predicted octanol–water partition coefficient (Wildman–Crippen LogP) is 9.07. The van der Waals surface area contributed by atoms with Crippen LogP contribution in [0.3, 0.4) is 0 Å². The third kappa shape index (κ3) is 6.49. The molecule has 0 fully saturated rings. The summed E-state index contributed by atoms with van der Waals surface area (Å²) in [4.78, 5) is 14.9. The lowest BCUT2D eigenvalue weighted by Gasteiger charge is -2.12. The number of ether oxygens (including phenoxy) is 3. The SMILES string of the molecule is O=C(O)Oc1[nH]c2c(-c3ccccc3CCCOc3ccccc3)cccc2c1CCCOc1cccc2ccccc12. The van der Waals surface area contributed by atoms with Gasteiger partial charge in [0.2, 0.25) is 5.88 Å². The summed E-state index contributed by atoms with van der Waals surface area (Å²) in [6.07, 6.45) is 1.64. The Morgan fingerprint density at radius 2 is 1.33 bits per heavy atom. The second kappa shape index (κ2) is 13.2. The van der Waals surface area contributed by atoms with E-state index in [9.17, 15) is 9.90 Å². The van der Waals surface area contributed by atoms with Crippen LogP contribution in [0.25, 0.3) is 32.8 Å². The lowest BCUT2D eigenvalue weighted by molar-refractivity contribution is 0.142. The van der Waals surface area contributed by atoms with E-state index < -0.39 is 6.16 Å². The number of H-pyrrole nitrogens is 1. The van der Waals surface area contributed by atoms with E-state index in [2.05, 4.69) is 41.4 Å². The highest BCUT2D eigenvalue weighted by atomic mass is 16.7. The van der Waals surface area contributed by atoms with Crippen molar-refractivity contribution in [2.24, 2.45) is 0 Å². The Labute approximate surface area is 250 Å². The molecule has 1 heterocycles. The summed E-state index contributed by atoms with van der Waals surface area (Å²) < 4.78 is 17.3. The van der Waals surface area contributed by atoms with Crippen LogP contribution in [0.5, 0.6) is 17.4 Å². The molecule has 1 aromatic heterocycles. The first-order valence-electron chi connectivity index (χ1n) is 14.6. The molecule has 0 unspecified atom stereocenters. The summed E-state index contributed by atoms with van der Waals surface area (Å²) in [5.41, 5.74) is 4.99. The second-order valence-corrected chi connectivity index (χ2v) is 10.4. The Balaban J connectivity index is 1.21. The molecule has 0 spiro atoms. The Morgan fingerprint density at radius 1 is 0.651 bits per heavy atom. The molecule has 0 aliphatic carbocycles. The van der Waals surface area contributed by atoms with Crippen molar-refractivity contribution < 1.29 is 24.1 Å². The Hall–Kier alpha value is -5.23. The van der Waals surface area contributed by atoms with Gasteiger partial charge in [-0.2, -0.15) is 0 Å². The monoisotopic (exact) mass is 571 g/mol. The van der Waals surface area contributed by atoms with Crippen molar-refractivity contribution in [1.82, 2.24) is 4.98 Å². The summed E-state index contributed by atoms with van der Waals surface area (Å²) in [5, 5.41) is 12.6. The molecule has 6 aromatic rings. The molecule has 43 heavy (non-hydrogen) atoms. The molecule has 216 valence electrons. The minimum atomic E-state index is -1.35. The van der Waals surface area contributed by atoms with E-state index in [4.69, 9.17) is 14.2 Å². The Bertz CT molecular complexity index is 1840. The van der Waals surface area contributed by atoms with Crippen LogP contribution in [0, 0.1) is 0 Å². The minimum Gasteiger partial charge on any atom is -0.494 e. The predicted molar refractivity (Wildman–Crippen MR) is 170 cm³/mol. The fraction of sp³-hybridized carbons (Fsp3) is 0.162. The fourth-order valence-electron chi connectivity index (χ4n) is 5.62. The zero-order chi connectivity index (χ0) is 29.4. The molecule has 0 radical (unpaired) electrons. The third-order valence-corrected chi connectivity index (χ3v) is 7.58. The molecular weight excluding hydrogens is 538 g/mol. The van der Waals surface area contributed by atoms with Crippen molar-refractivity contribution in [2.45, 2.75) is 25.7 Å². The van der Waals surface area contributed by atoms with E-state index in [1.807, 2.05) is 78.9 Å². The maximum Gasteiger partial charge on any atom is 0.512 e. The normalized spacial score (nSPS) is 11.1.